The summed E-state index contributed by atoms with van der Waals surface area (Å²) in [5, 5.41) is 12.3. The lowest BCUT2D eigenvalue weighted by atomic mass is 10.0. The fraction of sp³-hybridized carbons (Fsp3) is 0.353. The van der Waals surface area contributed by atoms with Gasteiger partial charge in [0.05, 0.1) is 6.04 Å². The first-order valence-corrected chi connectivity index (χ1v) is 8.61. The molecule has 0 amide bonds. The van der Waals surface area contributed by atoms with E-state index in [2.05, 4.69) is 23.3 Å². The van der Waals surface area contributed by atoms with Crippen LogP contribution in [0.5, 0.6) is 0 Å². The summed E-state index contributed by atoms with van der Waals surface area (Å²) in [7, 11) is 0. The Balaban J connectivity index is 2.05. The van der Waals surface area contributed by atoms with E-state index < -0.39 is 12.0 Å². The topological polar surface area (TPSA) is 40.5 Å². The highest BCUT2D eigenvalue weighted by atomic mass is 35.5. The first-order chi connectivity index (χ1) is 10.6. The van der Waals surface area contributed by atoms with Crippen LogP contribution in [0.2, 0.25) is 5.02 Å². The highest BCUT2D eigenvalue weighted by molar-refractivity contribution is 7.10. The number of carbonyl (C=O) groups is 1. The Morgan fingerprint density at radius 2 is 2.09 bits per heavy atom. The number of aliphatic carboxylic acids is 1. The van der Waals surface area contributed by atoms with Gasteiger partial charge in [0.1, 0.15) is 6.04 Å². The van der Waals surface area contributed by atoms with Gasteiger partial charge in [-0.15, -0.1) is 11.3 Å². The number of thiophene rings is 1. The lowest BCUT2D eigenvalue weighted by molar-refractivity contribution is -0.142. The van der Waals surface area contributed by atoms with Crippen molar-refractivity contribution in [1.82, 2.24) is 4.90 Å². The van der Waals surface area contributed by atoms with Gasteiger partial charge in [-0.05, 0) is 54.5 Å². The molecule has 2 heterocycles. The molecule has 0 aliphatic carbocycles. The van der Waals surface area contributed by atoms with E-state index in [1.807, 2.05) is 24.3 Å². The maximum Gasteiger partial charge on any atom is 0.320 e. The summed E-state index contributed by atoms with van der Waals surface area (Å²) in [5.74, 6) is -0.731. The maximum atomic E-state index is 11.6. The monoisotopic (exact) mass is 335 g/mol. The number of nitrogens with zero attached hydrogens (tertiary/aromatic N) is 1. The third-order valence-electron chi connectivity index (χ3n) is 4.25. The number of hydrogen-bond acceptors (Lipinski definition) is 3. The summed E-state index contributed by atoms with van der Waals surface area (Å²) in [4.78, 5) is 14.9. The summed E-state index contributed by atoms with van der Waals surface area (Å²) in [6.07, 6.45) is 1.63. The van der Waals surface area contributed by atoms with Crippen LogP contribution in [0.25, 0.3) is 0 Å². The van der Waals surface area contributed by atoms with Crippen molar-refractivity contribution in [1.29, 1.82) is 0 Å². The minimum Gasteiger partial charge on any atom is -0.480 e. The third-order valence-corrected chi connectivity index (χ3v) is 5.57. The van der Waals surface area contributed by atoms with Crippen LogP contribution in [0.15, 0.2) is 35.7 Å². The van der Waals surface area contributed by atoms with Crippen LogP contribution in [0.4, 0.5) is 0 Å². The van der Waals surface area contributed by atoms with Gasteiger partial charge < -0.3 is 5.11 Å². The number of aryl methyl sites for hydroxylation is 1. The molecule has 116 valence electrons. The van der Waals surface area contributed by atoms with E-state index in [1.54, 1.807) is 11.3 Å². The number of carboxylic acid groups (broad SMARTS) is 1. The summed E-state index contributed by atoms with van der Waals surface area (Å²) in [6, 6.07) is 9.42. The molecular formula is C17H18ClNO2S. The zero-order chi connectivity index (χ0) is 15.7. The second kappa shape index (κ2) is 6.41. The summed E-state index contributed by atoms with van der Waals surface area (Å²) < 4.78 is 0. The van der Waals surface area contributed by atoms with Crippen molar-refractivity contribution >= 4 is 28.9 Å². The minimum atomic E-state index is -0.731. The number of carboxylic acids is 1. The molecule has 1 aliphatic heterocycles. The molecule has 1 N–H and O–H groups in total. The average molecular weight is 336 g/mol. The van der Waals surface area contributed by atoms with E-state index in [4.69, 9.17) is 11.6 Å². The van der Waals surface area contributed by atoms with Gasteiger partial charge in [0.15, 0.2) is 0 Å². The van der Waals surface area contributed by atoms with Gasteiger partial charge in [0.25, 0.3) is 0 Å². The predicted octanol–water partition coefficient (Wildman–Crippen LogP) is 4.35. The van der Waals surface area contributed by atoms with E-state index in [0.29, 0.717) is 11.4 Å². The van der Waals surface area contributed by atoms with E-state index >= 15 is 0 Å². The Hall–Kier alpha value is -1.36. The zero-order valence-electron chi connectivity index (χ0n) is 12.3. The Morgan fingerprint density at radius 3 is 2.68 bits per heavy atom. The normalized spacial score (nSPS) is 20.2. The Bertz CT molecular complexity index is 668. The molecule has 2 unspecified atom stereocenters. The molecule has 22 heavy (non-hydrogen) atoms. The second-order valence-electron chi connectivity index (χ2n) is 5.66. The molecular weight excluding hydrogens is 318 g/mol. The molecule has 0 radical (unpaired) electrons. The van der Waals surface area contributed by atoms with Crippen molar-refractivity contribution < 1.29 is 9.90 Å². The Morgan fingerprint density at radius 1 is 1.36 bits per heavy atom. The van der Waals surface area contributed by atoms with E-state index in [1.165, 1.54) is 10.4 Å². The van der Waals surface area contributed by atoms with E-state index in [-0.39, 0.29) is 6.04 Å². The van der Waals surface area contributed by atoms with Gasteiger partial charge in [-0.1, -0.05) is 23.7 Å². The number of rotatable bonds is 4. The number of halogens is 1. The molecule has 0 spiro atoms. The van der Waals surface area contributed by atoms with Gasteiger partial charge in [0.2, 0.25) is 0 Å². The van der Waals surface area contributed by atoms with Crippen LogP contribution < -0.4 is 0 Å². The highest BCUT2D eigenvalue weighted by Gasteiger charge is 2.37. The molecule has 3 rings (SSSR count). The van der Waals surface area contributed by atoms with Gasteiger partial charge in [-0.25, -0.2) is 0 Å². The molecule has 2 aromatic rings. The molecule has 1 aliphatic rings. The molecule has 1 aromatic heterocycles. The van der Waals surface area contributed by atoms with Gasteiger partial charge in [-0.2, -0.15) is 0 Å². The third kappa shape index (κ3) is 2.91. The SMILES string of the molecule is Cc1ccsc1C(c1ccc(Cl)cc1)N1CCCC1C(=O)O. The van der Waals surface area contributed by atoms with Crippen molar-refractivity contribution in [3.05, 3.63) is 56.7 Å². The Labute approximate surface area is 139 Å². The number of benzene rings is 1. The standard InChI is InChI=1S/C17H18ClNO2S/c1-11-8-10-22-16(11)15(12-4-6-13(18)7-5-12)19-9-2-3-14(19)17(20)21/h4-8,10,14-15H,2-3,9H2,1H3,(H,20,21). The fourth-order valence-electron chi connectivity index (χ4n) is 3.17. The number of hydrogen-bond donors (Lipinski definition) is 1. The van der Waals surface area contributed by atoms with Gasteiger partial charge in [-0.3, -0.25) is 9.69 Å². The van der Waals surface area contributed by atoms with Crippen molar-refractivity contribution in [2.45, 2.75) is 31.8 Å². The summed E-state index contributed by atoms with van der Waals surface area (Å²) in [5.41, 5.74) is 2.31. The van der Waals surface area contributed by atoms with Crippen LogP contribution in [-0.2, 0) is 4.79 Å². The van der Waals surface area contributed by atoms with Crippen molar-refractivity contribution in [2.24, 2.45) is 0 Å². The van der Waals surface area contributed by atoms with Crippen LogP contribution in [-0.4, -0.2) is 28.6 Å². The average Bonchev–Trinajstić information content (AvgIpc) is 3.12. The fourth-order valence-corrected chi connectivity index (χ4v) is 4.37. The first kappa shape index (κ1) is 15.5. The first-order valence-electron chi connectivity index (χ1n) is 7.36. The number of likely N-dealkylation sites (tertiary alicyclic amines) is 1. The van der Waals surface area contributed by atoms with E-state index in [0.717, 1.165) is 18.5 Å². The van der Waals surface area contributed by atoms with E-state index in [9.17, 15) is 9.90 Å². The smallest absolute Gasteiger partial charge is 0.320 e. The van der Waals surface area contributed by atoms with Crippen molar-refractivity contribution in [3.8, 4) is 0 Å². The van der Waals surface area contributed by atoms with Crippen molar-refractivity contribution in [2.75, 3.05) is 6.54 Å². The summed E-state index contributed by atoms with van der Waals surface area (Å²) >= 11 is 7.70. The predicted molar refractivity (Wildman–Crippen MR) is 89.7 cm³/mol. The van der Waals surface area contributed by atoms with Crippen LogP contribution in [0.1, 0.15) is 34.9 Å². The molecule has 1 fully saturated rings. The zero-order valence-corrected chi connectivity index (χ0v) is 13.9. The van der Waals surface area contributed by atoms with Gasteiger partial charge in [0, 0.05) is 16.4 Å². The lowest BCUT2D eigenvalue weighted by Gasteiger charge is -2.31. The lowest BCUT2D eigenvalue weighted by Crippen LogP contribution is -2.39. The Kier molecular flexibility index (Phi) is 4.52. The molecule has 3 nitrogen and oxygen atoms in total. The minimum absolute atomic E-state index is 0.0131. The second-order valence-corrected chi connectivity index (χ2v) is 7.04. The molecule has 1 aromatic carbocycles. The van der Waals surface area contributed by atoms with Crippen molar-refractivity contribution in [3.63, 3.8) is 0 Å². The summed E-state index contributed by atoms with van der Waals surface area (Å²) in [6.45, 7) is 2.89. The highest BCUT2D eigenvalue weighted by Crippen LogP contribution is 2.39. The van der Waals surface area contributed by atoms with Crippen LogP contribution in [0, 0.1) is 6.92 Å². The molecule has 1 saturated heterocycles. The maximum absolute atomic E-state index is 11.6. The van der Waals surface area contributed by atoms with Crippen LogP contribution in [0.3, 0.4) is 0 Å². The quantitative estimate of drug-likeness (QED) is 0.903. The molecule has 0 saturated carbocycles. The largest absolute Gasteiger partial charge is 0.480 e. The van der Waals surface area contributed by atoms with Gasteiger partial charge >= 0.3 is 5.97 Å². The molecule has 0 bridgehead atoms. The molecule has 2 atom stereocenters. The van der Waals surface area contributed by atoms with Crippen LogP contribution >= 0.6 is 22.9 Å². The molecule has 5 heteroatoms.